The monoisotopic (exact) mass is 403 g/mol. The molecule has 0 aliphatic rings. The van der Waals surface area contributed by atoms with Crippen LogP contribution in [0.2, 0.25) is 0 Å². The van der Waals surface area contributed by atoms with Crippen molar-refractivity contribution in [1.82, 2.24) is 5.43 Å². The Balaban J connectivity index is 2.12. The number of hydrogen-bond donors (Lipinski definition) is 2. The minimum absolute atomic E-state index is 0.0863. The molecule has 0 heterocycles. The van der Waals surface area contributed by atoms with Crippen molar-refractivity contribution in [2.24, 2.45) is 5.10 Å². The number of hydrazone groups is 1. The van der Waals surface area contributed by atoms with Crippen LogP contribution < -0.4 is 15.5 Å². The zero-order chi connectivity index (χ0) is 20.0. The van der Waals surface area contributed by atoms with Gasteiger partial charge in [-0.2, -0.15) is 27.1 Å². The molecule has 0 bridgehead atoms. The van der Waals surface area contributed by atoms with Crippen LogP contribution in [0, 0.1) is 0 Å². The fraction of sp³-hybridized carbons (Fsp3) is 0.176. The molecule has 0 amide bonds. The quantitative estimate of drug-likeness (QED) is 0.319. The topological polar surface area (TPSA) is 45.7 Å². The van der Waals surface area contributed by atoms with Gasteiger partial charge in [-0.25, -0.2) is 0 Å². The molecule has 0 unspecified atom stereocenters. The summed E-state index contributed by atoms with van der Waals surface area (Å²) in [4.78, 5) is 0. The Morgan fingerprint density at radius 1 is 1.07 bits per heavy atom. The van der Waals surface area contributed by atoms with Crippen molar-refractivity contribution < 1.29 is 26.7 Å². The van der Waals surface area contributed by atoms with Gasteiger partial charge in [0.15, 0.2) is 5.11 Å². The van der Waals surface area contributed by atoms with Crippen LogP contribution in [0.4, 0.5) is 27.6 Å². The number of nitrogens with zero attached hydrogens (tertiary/aromatic N) is 1. The molecule has 4 nitrogen and oxygen atoms in total. The van der Waals surface area contributed by atoms with Crippen LogP contribution >= 0.6 is 12.2 Å². The maximum absolute atomic E-state index is 13.0. The number of para-hydroxylation sites is 2. The zero-order valence-electron chi connectivity index (χ0n) is 13.8. The van der Waals surface area contributed by atoms with Crippen molar-refractivity contribution >= 4 is 28.7 Å². The number of anilines is 1. The predicted octanol–water partition coefficient (Wildman–Crippen LogP) is 5.02. The SMILES string of the molecule is C/C(=N\NC(=S)Nc1ccccc1C(F)(F)F)c1ccccc1OC(F)F. The Morgan fingerprint density at radius 3 is 2.37 bits per heavy atom. The zero-order valence-corrected chi connectivity index (χ0v) is 14.7. The van der Waals surface area contributed by atoms with E-state index < -0.39 is 18.4 Å². The third-order valence-corrected chi connectivity index (χ3v) is 3.49. The maximum Gasteiger partial charge on any atom is 0.418 e. The standard InChI is InChI=1S/C17H14F5N3OS/c1-10(11-6-2-5-9-14(11)26-15(18)19)24-25-16(27)23-13-8-4-3-7-12(13)17(20,21)22/h2-9,15H,1H3,(H2,23,25,27)/b24-10+. The van der Waals surface area contributed by atoms with Gasteiger partial charge >= 0.3 is 12.8 Å². The van der Waals surface area contributed by atoms with Crippen LogP contribution in [-0.4, -0.2) is 17.4 Å². The number of alkyl halides is 5. The minimum Gasteiger partial charge on any atom is -0.434 e. The summed E-state index contributed by atoms with van der Waals surface area (Å²) in [5.41, 5.74) is 1.79. The second-order valence-corrected chi connectivity index (χ2v) is 5.59. The molecule has 2 rings (SSSR count). The molecule has 0 spiro atoms. The first kappa shape index (κ1) is 20.6. The van der Waals surface area contributed by atoms with E-state index >= 15 is 0 Å². The van der Waals surface area contributed by atoms with Crippen LogP contribution in [-0.2, 0) is 6.18 Å². The number of hydrogen-bond acceptors (Lipinski definition) is 3. The third kappa shape index (κ3) is 5.88. The molecule has 0 radical (unpaired) electrons. The molecule has 0 aromatic heterocycles. The van der Waals surface area contributed by atoms with Gasteiger partial charge in [-0.3, -0.25) is 5.43 Å². The van der Waals surface area contributed by atoms with E-state index in [9.17, 15) is 22.0 Å². The average Bonchev–Trinajstić information content (AvgIpc) is 2.59. The van der Waals surface area contributed by atoms with Gasteiger partial charge in [0.1, 0.15) is 5.75 Å². The lowest BCUT2D eigenvalue weighted by Gasteiger charge is -2.15. The Kier molecular flexibility index (Phi) is 6.67. The average molecular weight is 403 g/mol. The number of rotatable bonds is 5. The Bertz CT molecular complexity index is 839. The summed E-state index contributed by atoms with van der Waals surface area (Å²) in [6.07, 6.45) is -4.55. The fourth-order valence-electron chi connectivity index (χ4n) is 2.15. The Morgan fingerprint density at radius 2 is 1.70 bits per heavy atom. The molecule has 0 saturated carbocycles. The van der Waals surface area contributed by atoms with E-state index in [0.717, 1.165) is 6.07 Å². The highest BCUT2D eigenvalue weighted by molar-refractivity contribution is 7.80. The summed E-state index contributed by atoms with van der Waals surface area (Å²) in [6, 6.07) is 10.8. The van der Waals surface area contributed by atoms with E-state index in [-0.39, 0.29) is 27.8 Å². The van der Waals surface area contributed by atoms with E-state index in [0.29, 0.717) is 0 Å². The summed E-state index contributed by atoms with van der Waals surface area (Å²) < 4.78 is 68.2. The maximum atomic E-state index is 13.0. The summed E-state index contributed by atoms with van der Waals surface area (Å²) in [5, 5.41) is 6.12. The highest BCUT2D eigenvalue weighted by Gasteiger charge is 2.33. The predicted molar refractivity (Wildman–Crippen MR) is 96.1 cm³/mol. The summed E-state index contributed by atoms with van der Waals surface area (Å²) in [7, 11) is 0. The lowest BCUT2D eigenvalue weighted by atomic mass is 10.1. The van der Waals surface area contributed by atoms with E-state index in [1.165, 1.54) is 43.3 Å². The van der Waals surface area contributed by atoms with Gasteiger partial charge in [0.05, 0.1) is 17.0 Å². The van der Waals surface area contributed by atoms with E-state index in [1.807, 2.05) is 0 Å². The van der Waals surface area contributed by atoms with Crippen LogP contribution in [0.3, 0.4) is 0 Å². The molecule has 27 heavy (non-hydrogen) atoms. The largest absolute Gasteiger partial charge is 0.434 e. The van der Waals surface area contributed by atoms with Crippen molar-refractivity contribution in [3.63, 3.8) is 0 Å². The molecule has 0 saturated heterocycles. The van der Waals surface area contributed by atoms with Gasteiger partial charge in [-0.1, -0.05) is 24.3 Å². The van der Waals surface area contributed by atoms with Crippen LogP contribution in [0.1, 0.15) is 18.1 Å². The van der Waals surface area contributed by atoms with Crippen molar-refractivity contribution in [3.8, 4) is 5.75 Å². The van der Waals surface area contributed by atoms with Crippen molar-refractivity contribution in [3.05, 3.63) is 59.7 Å². The van der Waals surface area contributed by atoms with E-state index in [4.69, 9.17) is 12.2 Å². The lowest BCUT2D eigenvalue weighted by molar-refractivity contribution is -0.136. The Hall–Kier alpha value is -2.75. The molecule has 2 N–H and O–H groups in total. The van der Waals surface area contributed by atoms with Gasteiger partial charge in [0, 0.05) is 5.56 Å². The van der Waals surface area contributed by atoms with Gasteiger partial charge < -0.3 is 10.1 Å². The second kappa shape index (κ2) is 8.76. The molecule has 144 valence electrons. The molecule has 0 aliphatic carbocycles. The van der Waals surface area contributed by atoms with Gasteiger partial charge in [-0.05, 0) is 43.4 Å². The highest BCUT2D eigenvalue weighted by Crippen LogP contribution is 2.34. The van der Waals surface area contributed by atoms with E-state index in [1.54, 1.807) is 6.07 Å². The first-order valence-electron chi connectivity index (χ1n) is 7.50. The molecule has 0 fully saturated rings. The highest BCUT2D eigenvalue weighted by atomic mass is 32.1. The molecular weight excluding hydrogens is 389 g/mol. The number of benzene rings is 2. The van der Waals surface area contributed by atoms with Gasteiger partial charge in [0.2, 0.25) is 0 Å². The molecule has 0 aliphatic heterocycles. The Labute approximate surface area is 157 Å². The first-order valence-corrected chi connectivity index (χ1v) is 7.91. The fourth-order valence-corrected chi connectivity index (χ4v) is 2.30. The number of nitrogens with one attached hydrogen (secondary N) is 2. The van der Waals surface area contributed by atoms with Crippen molar-refractivity contribution in [2.45, 2.75) is 19.7 Å². The van der Waals surface area contributed by atoms with Gasteiger partial charge in [-0.15, -0.1) is 0 Å². The number of ether oxygens (including phenoxy) is 1. The van der Waals surface area contributed by atoms with Crippen molar-refractivity contribution in [1.29, 1.82) is 0 Å². The normalized spacial score (nSPS) is 12.0. The molecule has 0 atom stereocenters. The molecule has 2 aromatic rings. The summed E-state index contributed by atoms with van der Waals surface area (Å²) >= 11 is 4.94. The van der Waals surface area contributed by atoms with Crippen LogP contribution in [0.15, 0.2) is 53.6 Å². The van der Waals surface area contributed by atoms with Crippen LogP contribution in [0.25, 0.3) is 0 Å². The summed E-state index contributed by atoms with van der Waals surface area (Å²) in [5.74, 6) is -0.0863. The smallest absolute Gasteiger partial charge is 0.418 e. The summed E-state index contributed by atoms with van der Waals surface area (Å²) in [6.45, 7) is -1.50. The molecular formula is C17H14F5N3OS. The van der Waals surface area contributed by atoms with Crippen molar-refractivity contribution in [2.75, 3.05) is 5.32 Å². The lowest BCUT2D eigenvalue weighted by Crippen LogP contribution is -2.26. The first-order chi connectivity index (χ1) is 12.7. The second-order valence-electron chi connectivity index (χ2n) is 5.18. The number of halogens is 5. The molecule has 10 heteroatoms. The van der Waals surface area contributed by atoms with Crippen LogP contribution in [0.5, 0.6) is 5.75 Å². The minimum atomic E-state index is -4.55. The third-order valence-electron chi connectivity index (χ3n) is 3.30. The number of thiocarbonyl (C=S) groups is 1. The molecule has 2 aromatic carbocycles. The van der Waals surface area contributed by atoms with Gasteiger partial charge in [0.25, 0.3) is 0 Å². The van der Waals surface area contributed by atoms with E-state index in [2.05, 4.69) is 20.6 Å².